The Bertz CT molecular complexity index is 582. The average Bonchev–Trinajstić information content (AvgIpc) is 2.45. The van der Waals surface area contributed by atoms with Gasteiger partial charge in [-0.25, -0.2) is 0 Å². The van der Waals surface area contributed by atoms with Crippen LogP contribution in [0, 0.1) is 16.7 Å². The van der Waals surface area contributed by atoms with E-state index in [1.807, 2.05) is 32.9 Å². The molecular formula is C17H23N3O. The molecule has 2 atom stereocenters. The van der Waals surface area contributed by atoms with Crippen LogP contribution in [0.4, 0.5) is 0 Å². The fourth-order valence-electron chi connectivity index (χ4n) is 2.58. The number of carbonyl (C=O) groups is 1. The maximum Gasteiger partial charge on any atom is 0.230 e. The number of hydrogen-bond acceptors (Lipinski definition) is 3. The Morgan fingerprint density at radius 3 is 2.76 bits per heavy atom. The zero-order valence-corrected chi connectivity index (χ0v) is 13.2. The van der Waals surface area contributed by atoms with Gasteiger partial charge in [0.1, 0.15) is 5.54 Å². The SMILES string of the molecule is CC(C)(C)[C@@](C)(C#N)NC(=O)[C@H]1CCCc2cccnc21. The van der Waals surface area contributed by atoms with Gasteiger partial charge in [-0.1, -0.05) is 26.8 Å². The second-order valence-electron chi connectivity index (χ2n) is 6.97. The molecule has 2 rings (SSSR count). The predicted octanol–water partition coefficient (Wildman–Crippen LogP) is 2.95. The number of aromatic nitrogens is 1. The fraction of sp³-hybridized carbons (Fsp3) is 0.588. The summed E-state index contributed by atoms with van der Waals surface area (Å²) in [5, 5.41) is 12.4. The molecule has 112 valence electrons. The molecule has 0 spiro atoms. The van der Waals surface area contributed by atoms with Crippen LogP contribution in [0.3, 0.4) is 0 Å². The summed E-state index contributed by atoms with van der Waals surface area (Å²) in [6.07, 6.45) is 4.48. The van der Waals surface area contributed by atoms with Crippen molar-refractivity contribution >= 4 is 5.91 Å². The molecule has 1 aliphatic carbocycles. The molecule has 0 bridgehead atoms. The van der Waals surface area contributed by atoms with Gasteiger partial charge < -0.3 is 5.32 Å². The zero-order chi connectivity index (χ0) is 15.7. The quantitative estimate of drug-likeness (QED) is 0.908. The van der Waals surface area contributed by atoms with Crippen LogP contribution in [0.15, 0.2) is 18.3 Å². The van der Waals surface area contributed by atoms with Gasteiger partial charge in [-0.15, -0.1) is 0 Å². The van der Waals surface area contributed by atoms with Crippen molar-refractivity contribution in [3.8, 4) is 6.07 Å². The van der Waals surface area contributed by atoms with E-state index < -0.39 is 5.54 Å². The van der Waals surface area contributed by atoms with Gasteiger partial charge in [0.2, 0.25) is 5.91 Å². The third kappa shape index (κ3) is 2.92. The summed E-state index contributed by atoms with van der Waals surface area (Å²) in [5.74, 6) is -0.335. The Morgan fingerprint density at radius 2 is 2.14 bits per heavy atom. The largest absolute Gasteiger partial charge is 0.337 e. The van der Waals surface area contributed by atoms with Crippen LogP contribution in [0.2, 0.25) is 0 Å². The number of aryl methyl sites for hydroxylation is 1. The molecule has 0 unspecified atom stereocenters. The Hall–Kier alpha value is -1.89. The fourth-order valence-corrected chi connectivity index (χ4v) is 2.58. The summed E-state index contributed by atoms with van der Waals surface area (Å²) in [4.78, 5) is 17.1. The van der Waals surface area contributed by atoms with Crippen molar-refractivity contribution in [2.45, 2.75) is 58.4 Å². The number of nitrogens with one attached hydrogen (secondary N) is 1. The van der Waals surface area contributed by atoms with Crippen molar-refractivity contribution in [3.05, 3.63) is 29.6 Å². The van der Waals surface area contributed by atoms with E-state index >= 15 is 0 Å². The third-order valence-corrected chi connectivity index (χ3v) is 4.61. The van der Waals surface area contributed by atoms with Gasteiger partial charge >= 0.3 is 0 Å². The van der Waals surface area contributed by atoms with Crippen molar-refractivity contribution in [1.82, 2.24) is 10.3 Å². The van der Waals surface area contributed by atoms with Gasteiger partial charge in [-0.2, -0.15) is 5.26 Å². The summed E-state index contributed by atoms with van der Waals surface area (Å²) in [6.45, 7) is 7.67. The van der Waals surface area contributed by atoms with Gasteiger partial charge in [-0.05, 0) is 43.2 Å². The van der Waals surface area contributed by atoms with Crippen LogP contribution in [0.5, 0.6) is 0 Å². The van der Waals surface area contributed by atoms with E-state index in [1.54, 1.807) is 13.1 Å². The van der Waals surface area contributed by atoms with Crippen molar-refractivity contribution in [2.24, 2.45) is 5.41 Å². The second kappa shape index (κ2) is 5.48. The summed E-state index contributed by atoms with van der Waals surface area (Å²) in [6, 6.07) is 6.21. The molecule has 1 N–H and O–H groups in total. The molecule has 0 saturated carbocycles. The molecular weight excluding hydrogens is 262 g/mol. The van der Waals surface area contributed by atoms with Gasteiger partial charge in [0.25, 0.3) is 0 Å². The highest BCUT2D eigenvalue weighted by molar-refractivity contribution is 5.85. The van der Waals surface area contributed by atoms with Crippen LogP contribution in [0.1, 0.15) is 57.7 Å². The molecule has 0 aliphatic heterocycles. The lowest BCUT2D eigenvalue weighted by molar-refractivity contribution is -0.125. The van der Waals surface area contributed by atoms with Crippen molar-refractivity contribution < 1.29 is 4.79 Å². The molecule has 0 fully saturated rings. The summed E-state index contributed by atoms with van der Waals surface area (Å²) >= 11 is 0. The Balaban J connectivity index is 2.25. The number of fused-ring (bicyclic) bond motifs is 1. The van der Waals surface area contributed by atoms with E-state index in [1.165, 1.54) is 0 Å². The molecule has 0 aromatic carbocycles. The van der Waals surface area contributed by atoms with E-state index in [0.29, 0.717) is 0 Å². The first-order valence-electron chi connectivity index (χ1n) is 7.45. The molecule has 1 aromatic rings. The normalized spacial score (nSPS) is 20.8. The Morgan fingerprint density at radius 1 is 1.43 bits per heavy atom. The standard InChI is InChI=1S/C17H23N3O/c1-16(2,3)17(4,11-18)20-15(21)13-9-5-7-12-8-6-10-19-14(12)13/h6,8,10,13H,5,7,9H2,1-4H3,(H,20,21)/t13-,17+/m0/s1. The minimum Gasteiger partial charge on any atom is -0.337 e. The summed E-state index contributed by atoms with van der Waals surface area (Å²) < 4.78 is 0. The maximum atomic E-state index is 12.7. The molecule has 1 aromatic heterocycles. The van der Waals surface area contributed by atoms with E-state index in [0.717, 1.165) is 30.5 Å². The lowest BCUT2D eigenvalue weighted by Crippen LogP contribution is -2.55. The maximum absolute atomic E-state index is 12.7. The first-order chi connectivity index (χ1) is 9.78. The van der Waals surface area contributed by atoms with Crippen molar-refractivity contribution in [1.29, 1.82) is 5.26 Å². The molecule has 1 heterocycles. The van der Waals surface area contributed by atoms with Gasteiger partial charge in [-0.3, -0.25) is 9.78 Å². The van der Waals surface area contributed by atoms with E-state index in [4.69, 9.17) is 0 Å². The molecule has 0 radical (unpaired) electrons. The highest BCUT2D eigenvalue weighted by atomic mass is 16.2. The van der Waals surface area contributed by atoms with Crippen LogP contribution in [-0.4, -0.2) is 16.4 Å². The number of nitrogens with zero attached hydrogens (tertiary/aromatic N) is 2. The summed E-state index contributed by atoms with van der Waals surface area (Å²) in [5.41, 5.74) is 0.795. The van der Waals surface area contributed by atoms with Crippen molar-refractivity contribution in [2.75, 3.05) is 0 Å². The number of nitriles is 1. The van der Waals surface area contributed by atoms with E-state index in [-0.39, 0.29) is 17.2 Å². The zero-order valence-electron chi connectivity index (χ0n) is 13.2. The minimum absolute atomic E-state index is 0.0892. The van der Waals surface area contributed by atoms with Gasteiger partial charge in [0, 0.05) is 6.20 Å². The third-order valence-electron chi connectivity index (χ3n) is 4.61. The lowest BCUT2D eigenvalue weighted by atomic mass is 9.75. The lowest BCUT2D eigenvalue weighted by Gasteiger charge is -2.38. The second-order valence-corrected chi connectivity index (χ2v) is 6.97. The smallest absolute Gasteiger partial charge is 0.230 e. The first kappa shape index (κ1) is 15.5. The van der Waals surface area contributed by atoms with Crippen LogP contribution >= 0.6 is 0 Å². The minimum atomic E-state index is -0.892. The molecule has 21 heavy (non-hydrogen) atoms. The van der Waals surface area contributed by atoms with Crippen LogP contribution in [-0.2, 0) is 11.2 Å². The van der Waals surface area contributed by atoms with Gasteiger partial charge in [0.15, 0.2) is 0 Å². The monoisotopic (exact) mass is 285 g/mol. The Labute approximate surface area is 126 Å². The number of pyridine rings is 1. The topological polar surface area (TPSA) is 65.8 Å². The molecule has 4 heteroatoms. The Kier molecular flexibility index (Phi) is 4.04. The van der Waals surface area contributed by atoms with E-state index in [2.05, 4.69) is 16.4 Å². The van der Waals surface area contributed by atoms with E-state index in [9.17, 15) is 10.1 Å². The molecule has 1 amide bonds. The highest BCUT2D eigenvalue weighted by Crippen LogP contribution is 2.33. The molecule has 4 nitrogen and oxygen atoms in total. The highest BCUT2D eigenvalue weighted by Gasteiger charge is 2.41. The first-order valence-corrected chi connectivity index (χ1v) is 7.45. The number of rotatable bonds is 2. The van der Waals surface area contributed by atoms with Gasteiger partial charge in [0.05, 0.1) is 17.7 Å². The number of carbonyl (C=O) groups excluding carboxylic acids is 1. The summed E-state index contributed by atoms with van der Waals surface area (Å²) in [7, 11) is 0. The number of amides is 1. The van der Waals surface area contributed by atoms with Crippen LogP contribution in [0.25, 0.3) is 0 Å². The molecule has 1 aliphatic rings. The predicted molar refractivity (Wildman–Crippen MR) is 81.5 cm³/mol. The van der Waals surface area contributed by atoms with Crippen molar-refractivity contribution in [3.63, 3.8) is 0 Å². The number of hydrogen-bond donors (Lipinski definition) is 1. The molecule has 0 saturated heterocycles. The van der Waals surface area contributed by atoms with Crippen LogP contribution < -0.4 is 5.32 Å². The average molecular weight is 285 g/mol.